The summed E-state index contributed by atoms with van der Waals surface area (Å²) < 4.78 is 20.0. The highest BCUT2D eigenvalue weighted by molar-refractivity contribution is 5.90. The number of hydrogen-bond donors (Lipinski definition) is 0. The number of cyclic esters (lactones) is 1. The fourth-order valence-electron chi connectivity index (χ4n) is 3.44. The van der Waals surface area contributed by atoms with Gasteiger partial charge in [-0.15, -0.1) is 0 Å². The van der Waals surface area contributed by atoms with Gasteiger partial charge in [0.1, 0.15) is 11.9 Å². The molecule has 0 unspecified atom stereocenters. The van der Waals surface area contributed by atoms with Crippen LogP contribution in [0.15, 0.2) is 30.0 Å². The molecule has 2 aliphatic rings. The van der Waals surface area contributed by atoms with Gasteiger partial charge < -0.3 is 14.5 Å². The van der Waals surface area contributed by atoms with Gasteiger partial charge in [-0.05, 0) is 31.0 Å². The molecule has 0 N–H and O–H groups in total. The fourth-order valence-corrected chi connectivity index (χ4v) is 3.44. The Hall–Kier alpha value is -3.08. The SMILES string of the molecule is [C-]#[N+]C=C1CCN(c2ccc(N3C[C@H](CN(C)C(C)=O)OC3=O)cc2F)CC1. The number of likely N-dealkylation sites (N-methyl/N-ethyl adjacent to an activating group) is 1. The van der Waals surface area contributed by atoms with E-state index < -0.39 is 18.0 Å². The van der Waals surface area contributed by atoms with Gasteiger partial charge in [0.25, 0.3) is 0 Å². The van der Waals surface area contributed by atoms with Crippen molar-refractivity contribution in [2.24, 2.45) is 0 Å². The minimum Gasteiger partial charge on any atom is -0.442 e. The van der Waals surface area contributed by atoms with Crippen LogP contribution in [0.1, 0.15) is 19.8 Å². The molecule has 148 valence electrons. The Kier molecular flexibility index (Phi) is 5.83. The summed E-state index contributed by atoms with van der Waals surface area (Å²) in [5, 5.41) is 0. The molecule has 3 rings (SSSR count). The van der Waals surface area contributed by atoms with Crippen molar-refractivity contribution in [1.29, 1.82) is 0 Å². The van der Waals surface area contributed by atoms with Crippen molar-refractivity contribution in [3.63, 3.8) is 0 Å². The van der Waals surface area contributed by atoms with Gasteiger partial charge in [-0.1, -0.05) is 5.57 Å². The molecule has 8 heteroatoms. The van der Waals surface area contributed by atoms with Crippen LogP contribution in [0.5, 0.6) is 0 Å². The average Bonchev–Trinajstić information content (AvgIpc) is 3.03. The van der Waals surface area contributed by atoms with Crippen molar-refractivity contribution < 1.29 is 18.7 Å². The van der Waals surface area contributed by atoms with Crippen LogP contribution in [0.25, 0.3) is 4.85 Å². The Morgan fingerprint density at radius 2 is 2.14 bits per heavy atom. The van der Waals surface area contributed by atoms with Gasteiger partial charge in [-0.3, -0.25) is 9.69 Å². The largest absolute Gasteiger partial charge is 0.442 e. The lowest BCUT2D eigenvalue weighted by Crippen LogP contribution is -2.35. The van der Waals surface area contributed by atoms with E-state index in [2.05, 4.69) is 4.85 Å². The smallest absolute Gasteiger partial charge is 0.414 e. The van der Waals surface area contributed by atoms with Gasteiger partial charge in [0, 0.05) is 27.1 Å². The number of carbonyl (C=O) groups is 2. The van der Waals surface area contributed by atoms with Crippen LogP contribution in [0, 0.1) is 12.4 Å². The van der Waals surface area contributed by atoms with Crippen LogP contribution in [0.4, 0.5) is 20.6 Å². The maximum Gasteiger partial charge on any atom is 0.414 e. The molecule has 0 spiro atoms. The number of benzene rings is 1. The summed E-state index contributed by atoms with van der Waals surface area (Å²) >= 11 is 0. The molecule has 0 radical (unpaired) electrons. The highest BCUT2D eigenvalue weighted by atomic mass is 19.1. The third-order valence-electron chi connectivity index (χ3n) is 5.13. The Balaban J connectivity index is 1.67. The molecule has 1 aromatic rings. The van der Waals surface area contributed by atoms with E-state index in [-0.39, 0.29) is 12.5 Å². The highest BCUT2D eigenvalue weighted by Crippen LogP contribution is 2.30. The first kappa shape index (κ1) is 19.7. The molecule has 1 aromatic carbocycles. The number of hydrogen-bond acceptors (Lipinski definition) is 4. The zero-order valence-corrected chi connectivity index (χ0v) is 16.0. The standard InChI is InChI=1S/C20H23FN4O3/c1-14(26)23(3)12-17-13-25(20(27)28-17)16-4-5-19(18(21)10-16)24-8-6-15(7-9-24)11-22-2/h4-5,10-11,17H,6-9,12-13H2,1,3H3/t17-/m0/s1. The summed E-state index contributed by atoms with van der Waals surface area (Å²) in [6, 6.07) is 4.73. The molecular formula is C20H23FN4O3. The number of amides is 2. The topological polar surface area (TPSA) is 57.4 Å². The van der Waals surface area contributed by atoms with Gasteiger partial charge >= 0.3 is 6.09 Å². The summed E-state index contributed by atoms with van der Waals surface area (Å²) in [6.07, 6.45) is 2.05. The minimum atomic E-state index is -0.541. The van der Waals surface area contributed by atoms with Crippen LogP contribution in [-0.4, -0.2) is 56.2 Å². The molecule has 2 amide bonds. The lowest BCUT2D eigenvalue weighted by molar-refractivity contribution is -0.128. The Bertz CT molecular complexity index is 838. The van der Waals surface area contributed by atoms with E-state index in [1.54, 1.807) is 25.4 Å². The molecular weight excluding hydrogens is 363 g/mol. The van der Waals surface area contributed by atoms with Crippen LogP contribution in [0.2, 0.25) is 0 Å². The average molecular weight is 386 g/mol. The van der Waals surface area contributed by atoms with Crippen LogP contribution >= 0.6 is 0 Å². The van der Waals surface area contributed by atoms with Crippen LogP contribution in [0.3, 0.4) is 0 Å². The van der Waals surface area contributed by atoms with Crippen molar-refractivity contribution in [3.8, 4) is 0 Å². The molecule has 0 aromatic heterocycles. The van der Waals surface area contributed by atoms with Crippen LogP contribution in [-0.2, 0) is 9.53 Å². The molecule has 0 bridgehead atoms. The lowest BCUT2D eigenvalue weighted by atomic mass is 10.0. The van der Waals surface area contributed by atoms with E-state index in [4.69, 9.17) is 11.3 Å². The van der Waals surface area contributed by atoms with Crippen molar-refractivity contribution in [2.75, 3.05) is 43.0 Å². The number of nitrogens with zero attached hydrogens (tertiary/aromatic N) is 4. The highest BCUT2D eigenvalue weighted by Gasteiger charge is 2.34. The molecule has 28 heavy (non-hydrogen) atoms. The van der Waals surface area contributed by atoms with E-state index in [0.29, 0.717) is 31.0 Å². The Morgan fingerprint density at radius 1 is 1.43 bits per heavy atom. The van der Waals surface area contributed by atoms with Crippen molar-refractivity contribution in [3.05, 3.63) is 47.2 Å². The fraction of sp³-hybridized carbons (Fsp3) is 0.450. The molecule has 2 heterocycles. The maximum absolute atomic E-state index is 14.7. The second-order valence-electron chi connectivity index (χ2n) is 7.06. The lowest BCUT2D eigenvalue weighted by Gasteiger charge is -2.31. The molecule has 2 saturated heterocycles. The zero-order chi connectivity index (χ0) is 20.3. The van der Waals surface area contributed by atoms with Gasteiger partial charge in [0.05, 0.1) is 31.0 Å². The summed E-state index contributed by atoms with van der Waals surface area (Å²) in [5.74, 6) is -0.506. The van der Waals surface area contributed by atoms with Crippen molar-refractivity contribution >= 4 is 23.4 Å². The van der Waals surface area contributed by atoms with Crippen molar-refractivity contribution in [1.82, 2.24) is 4.90 Å². The van der Waals surface area contributed by atoms with Crippen molar-refractivity contribution in [2.45, 2.75) is 25.9 Å². The molecule has 1 atom stereocenters. The second-order valence-corrected chi connectivity index (χ2v) is 7.06. The van der Waals surface area contributed by atoms with E-state index in [1.807, 2.05) is 4.90 Å². The van der Waals surface area contributed by atoms with Gasteiger partial charge in [0.2, 0.25) is 5.91 Å². The first-order chi connectivity index (χ1) is 13.4. The molecule has 7 nitrogen and oxygen atoms in total. The third-order valence-corrected chi connectivity index (χ3v) is 5.13. The quantitative estimate of drug-likeness (QED) is 0.747. The Morgan fingerprint density at radius 3 is 2.75 bits per heavy atom. The number of anilines is 2. The maximum atomic E-state index is 14.7. The first-order valence-electron chi connectivity index (χ1n) is 9.18. The summed E-state index contributed by atoms with van der Waals surface area (Å²) in [4.78, 5) is 31.6. The molecule has 0 aliphatic carbocycles. The Labute approximate surface area is 163 Å². The first-order valence-corrected chi connectivity index (χ1v) is 9.18. The van der Waals surface area contributed by atoms with Crippen LogP contribution < -0.4 is 9.80 Å². The summed E-state index contributed by atoms with van der Waals surface area (Å²) in [6.45, 7) is 10.2. The van der Waals surface area contributed by atoms with E-state index in [0.717, 1.165) is 18.4 Å². The number of rotatable bonds is 4. The van der Waals surface area contributed by atoms with Gasteiger partial charge in [0.15, 0.2) is 6.20 Å². The molecule has 2 aliphatic heterocycles. The van der Waals surface area contributed by atoms with Gasteiger partial charge in [-0.2, -0.15) is 0 Å². The van der Waals surface area contributed by atoms with E-state index in [1.165, 1.54) is 22.8 Å². The van der Waals surface area contributed by atoms with E-state index in [9.17, 15) is 14.0 Å². The predicted molar refractivity (Wildman–Crippen MR) is 103 cm³/mol. The normalized spacial score (nSPS) is 19.3. The minimum absolute atomic E-state index is 0.110. The second kappa shape index (κ2) is 8.30. The number of halogens is 1. The van der Waals surface area contributed by atoms with Gasteiger partial charge in [-0.25, -0.2) is 14.0 Å². The number of ether oxygens (including phenoxy) is 1. The third kappa shape index (κ3) is 4.25. The van der Waals surface area contributed by atoms with E-state index >= 15 is 0 Å². The predicted octanol–water partition coefficient (Wildman–Crippen LogP) is 3.03. The number of piperidine rings is 1. The molecule has 0 saturated carbocycles. The zero-order valence-electron chi connectivity index (χ0n) is 16.0. The molecule has 2 fully saturated rings. The number of carbonyl (C=O) groups excluding carboxylic acids is 2. The monoisotopic (exact) mass is 386 g/mol. The summed E-state index contributed by atoms with van der Waals surface area (Å²) in [5.41, 5.74) is 2.01. The summed E-state index contributed by atoms with van der Waals surface area (Å²) in [7, 11) is 1.64.